The van der Waals surface area contributed by atoms with Crippen molar-refractivity contribution in [2.24, 2.45) is 28.6 Å². The van der Waals surface area contributed by atoms with Crippen molar-refractivity contribution in [1.82, 2.24) is 35.1 Å². The molecule has 0 unspecified atom stereocenters. The molecular formula is C44H53N7O5. The van der Waals surface area contributed by atoms with Gasteiger partial charge < -0.3 is 34.6 Å². The van der Waals surface area contributed by atoms with E-state index in [1.807, 2.05) is 74.3 Å². The van der Waals surface area contributed by atoms with Crippen LogP contribution in [0.25, 0.3) is 22.3 Å². The van der Waals surface area contributed by atoms with Crippen LogP contribution in [0, 0.1) is 40.4 Å². The molecule has 3 N–H and O–H groups in total. The number of amides is 3. The molecule has 4 aromatic rings. The maximum absolute atomic E-state index is 13.8. The van der Waals surface area contributed by atoms with Crippen LogP contribution in [0.4, 0.5) is 4.79 Å². The Kier molecular flexibility index (Phi) is 9.94. The standard InChI is InChI=1S/C44H53N7O5/c1-26(2)28(5)40(52)50-24-44(17-18-56-25-44)21-36(50)39-46-32-14-11-30(19-33(32)47-39)8-7-29-9-12-31(13-10-29)34-22-45-38(48-34)35-20-43(15-16-43)23-51(35)41(53)37(27(3)4)49-42(54)55-6/h9-14,19,22,26-28,35-37H,15-18,20-21,23-25H2,1-6H3,(H,45,48)(H,46,47)(H,49,54)/t28-,35-,36-,37-,44+/m0/s1. The van der Waals surface area contributed by atoms with Crippen LogP contribution in [0.1, 0.15) is 102 Å². The van der Waals surface area contributed by atoms with Crippen molar-refractivity contribution in [1.29, 1.82) is 0 Å². The first kappa shape index (κ1) is 37.8. The van der Waals surface area contributed by atoms with Crippen LogP contribution in [-0.4, -0.2) is 87.1 Å². The van der Waals surface area contributed by atoms with E-state index in [-0.39, 0.29) is 52.5 Å². The second kappa shape index (κ2) is 14.7. The summed E-state index contributed by atoms with van der Waals surface area (Å²) in [6.07, 6.45) is 6.06. The van der Waals surface area contributed by atoms with Gasteiger partial charge in [-0.3, -0.25) is 9.59 Å². The third-order valence-electron chi connectivity index (χ3n) is 12.8. The Bertz CT molecular complexity index is 2180. The van der Waals surface area contributed by atoms with Gasteiger partial charge in [-0.05, 0) is 85.3 Å². The van der Waals surface area contributed by atoms with Crippen molar-refractivity contribution >= 4 is 28.9 Å². The van der Waals surface area contributed by atoms with Gasteiger partial charge in [-0.2, -0.15) is 0 Å². The molecule has 2 aromatic carbocycles. The molecule has 3 saturated heterocycles. The third-order valence-corrected chi connectivity index (χ3v) is 12.8. The summed E-state index contributed by atoms with van der Waals surface area (Å²) in [6, 6.07) is 13.1. The summed E-state index contributed by atoms with van der Waals surface area (Å²) >= 11 is 0. The van der Waals surface area contributed by atoms with Crippen LogP contribution in [0.5, 0.6) is 0 Å². The van der Waals surface area contributed by atoms with E-state index in [9.17, 15) is 14.4 Å². The monoisotopic (exact) mass is 759 g/mol. The summed E-state index contributed by atoms with van der Waals surface area (Å²) in [5.74, 6) is 8.37. The smallest absolute Gasteiger partial charge is 0.407 e. The van der Waals surface area contributed by atoms with Crippen LogP contribution >= 0.6 is 0 Å². The van der Waals surface area contributed by atoms with Gasteiger partial charge in [-0.25, -0.2) is 14.8 Å². The minimum absolute atomic E-state index is 0.0120. The van der Waals surface area contributed by atoms with Gasteiger partial charge in [0.15, 0.2) is 0 Å². The number of carbonyl (C=O) groups excluding carboxylic acids is 3. The lowest BCUT2D eigenvalue weighted by Gasteiger charge is -2.30. The highest BCUT2D eigenvalue weighted by atomic mass is 16.5. The van der Waals surface area contributed by atoms with E-state index in [4.69, 9.17) is 19.4 Å². The highest BCUT2D eigenvalue weighted by Crippen LogP contribution is 2.58. The molecule has 5 atom stereocenters. The van der Waals surface area contributed by atoms with Crippen LogP contribution in [0.15, 0.2) is 48.7 Å². The fourth-order valence-corrected chi connectivity index (χ4v) is 8.76. The molecule has 12 nitrogen and oxygen atoms in total. The number of aromatic amines is 2. The Morgan fingerprint density at radius 3 is 2.21 bits per heavy atom. The predicted molar refractivity (Wildman–Crippen MR) is 212 cm³/mol. The summed E-state index contributed by atoms with van der Waals surface area (Å²) in [5.41, 5.74) is 5.46. The maximum Gasteiger partial charge on any atom is 0.407 e. The molecule has 5 heterocycles. The number of H-pyrrole nitrogens is 2. The first-order valence-electron chi connectivity index (χ1n) is 20.1. The van der Waals surface area contributed by atoms with Gasteiger partial charge in [0.25, 0.3) is 0 Å². The number of nitrogens with zero attached hydrogens (tertiary/aromatic N) is 4. The first-order chi connectivity index (χ1) is 26.9. The number of imidazole rings is 2. The highest BCUT2D eigenvalue weighted by molar-refractivity contribution is 5.86. The Morgan fingerprint density at radius 2 is 1.54 bits per heavy atom. The number of hydrogen-bond donors (Lipinski definition) is 3. The minimum atomic E-state index is -0.681. The number of ether oxygens (including phenoxy) is 2. The molecule has 294 valence electrons. The molecule has 4 fully saturated rings. The Hall–Kier alpha value is -5.15. The van der Waals surface area contributed by atoms with Crippen molar-refractivity contribution in [2.45, 2.75) is 84.8 Å². The van der Waals surface area contributed by atoms with Crippen LogP contribution in [0.2, 0.25) is 0 Å². The summed E-state index contributed by atoms with van der Waals surface area (Å²) in [4.78, 5) is 60.3. The molecule has 1 aliphatic carbocycles. The lowest BCUT2D eigenvalue weighted by Crippen LogP contribution is -2.51. The fraction of sp³-hybridized carbons (Fsp3) is 0.523. The fourth-order valence-electron chi connectivity index (χ4n) is 8.76. The zero-order chi connectivity index (χ0) is 39.4. The van der Waals surface area contributed by atoms with Crippen LogP contribution in [-0.2, 0) is 19.1 Å². The number of likely N-dealkylation sites (tertiary alicyclic amines) is 2. The highest BCUT2D eigenvalue weighted by Gasteiger charge is 2.55. The largest absolute Gasteiger partial charge is 0.453 e. The quantitative estimate of drug-likeness (QED) is 0.168. The minimum Gasteiger partial charge on any atom is -0.453 e. The van der Waals surface area contributed by atoms with Crippen molar-refractivity contribution < 1.29 is 23.9 Å². The van der Waals surface area contributed by atoms with Crippen molar-refractivity contribution in [2.75, 3.05) is 33.4 Å². The second-order valence-corrected chi connectivity index (χ2v) is 17.4. The molecular weight excluding hydrogens is 707 g/mol. The van der Waals surface area contributed by atoms with Gasteiger partial charge in [0, 0.05) is 42.2 Å². The molecule has 2 aromatic heterocycles. The number of rotatable bonds is 8. The molecule has 3 amide bonds. The molecule has 3 aliphatic heterocycles. The van der Waals surface area contributed by atoms with E-state index in [1.165, 1.54) is 7.11 Å². The number of fused-ring (bicyclic) bond motifs is 1. The first-order valence-corrected chi connectivity index (χ1v) is 20.1. The van der Waals surface area contributed by atoms with E-state index >= 15 is 0 Å². The zero-order valence-corrected chi connectivity index (χ0v) is 33.3. The summed E-state index contributed by atoms with van der Waals surface area (Å²) < 4.78 is 10.6. The Morgan fingerprint density at radius 1 is 0.857 bits per heavy atom. The van der Waals surface area contributed by atoms with Crippen molar-refractivity contribution in [3.05, 3.63) is 71.4 Å². The van der Waals surface area contributed by atoms with Crippen LogP contribution < -0.4 is 5.32 Å². The number of nitrogens with one attached hydrogen (secondary N) is 3. The van der Waals surface area contributed by atoms with Gasteiger partial charge in [0.1, 0.15) is 17.7 Å². The van der Waals surface area contributed by atoms with E-state index < -0.39 is 12.1 Å². The Balaban J connectivity index is 0.966. The van der Waals surface area contributed by atoms with Gasteiger partial charge in [0.2, 0.25) is 11.8 Å². The second-order valence-electron chi connectivity index (χ2n) is 17.4. The third kappa shape index (κ3) is 7.29. The topological polar surface area (TPSA) is 146 Å². The Labute approximate surface area is 328 Å². The average Bonchev–Trinajstić information content (AvgIpc) is 3.79. The lowest BCUT2D eigenvalue weighted by atomic mass is 9.85. The summed E-state index contributed by atoms with van der Waals surface area (Å²) in [5, 5.41) is 2.74. The summed E-state index contributed by atoms with van der Waals surface area (Å²) in [6.45, 7) is 12.9. The zero-order valence-electron chi connectivity index (χ0n) is 33.3. The number of carbonyl (C=O) groups is 3. The van der Waals surface area contributed by atoms with Crippen molar-refractivity contribution in [3.8, 4) is 23.1 Å². The van der Waals surface area contributed by atoms with E-state index in [0.717, 1.165) is 83.8 Å². The number of aromatic nitrogens is 4. The predicted octanol–water partition coefficient (Wildman–Crippen LogP) is 6.76. The number of methoxy groups -OCH3 is 1. The maximum atomic E-state index is 13.8. The molecule has 0 radical (unpaired) electrons. The molecule has 56 heavy (non-hydrogen) atoms. The van der Waals surface area contributed by atoms with E-state index in [2.05, 4.69) is 45.9 Å². The van der Waals surface area contributed by atoms with Gasteiger partial charge in [-0.1, -0.05) is 58.6 Å². The molecule has 0 bridgehead atoms. The molecule has 8 rings (SSSR count). The molecule has 12 heteroatoms. The number of benzene rings is 2. The van der Waals surface area contributed by atoms with E-state index in [1.54, 1.807) is 0 Å². The lowest BCUT2D eigenvalue weighted by molar-refractivity contribution is -0.138. The molecule has 1 saturated carbocycles. The van der Waals surface area contributed by atoms with E-state index in [0.29, 0.717) is 19.7 Å². The van der Waals surface area contributed by atoms with Gasteiger partial charge in [-0.15, -0.1) is 0 Å². The van der Waals surface area contributed by atoms with Crippen LogP contribution in [0.3, 0.4) is 0 Å². The van der Waals surface area contributed by atoms with Gasteiger partial charge in [0.05, 0.1) is 48.7 Å². The molecule has 2 spiro atoms. The summed E-state index contributed by atoms with van der Waals surface area (Å²) in [7, 11) is 1.31. The number of hydrogen-bond acceptors (Lipinski definition) is 7. The van der Waals surface area contributed by atoms with Gasteiger partial charge >= 0.3 is 6.09 Å². The normalized spacial score (nSPS) is 23.6. The van der Waals surface area contributed by atoms with Crippen molar-refractivity contribution in [3.63, 3.8) is 0 Å². The SMILES string of the molecule is COC(=O)N[C@H](C(=O)N1CC2(CC2)C[C@H]1c1ncc(-c2ccc(C#Cc3ccc4nc([C@@H]5C[C@]6(CCOC6)CN5C(=O)[C@@H](C)C(C)C)[nH]c4c3)cc2)[nH]1)C(C)C. The average molecular weight is 760 g/mol. The molecule has 4 aliphatic rings. The number of alkyl carbamates (subject to hydrolysis) is 1.